The second-order valence-electron chi connectivity index (χ2n) is 5.44. The second kappa shape index (κ2) is 8.93. The summed E-state index contributed by atoms with van der Waals surface area (Å²) in [5.41, 5.74) is 0.288. The van der Waals surface area contributed by atoms with Crippen LogP contribution in [0.3, 0.4) is 0 Å². The van der Waals surface area contributed by atoms with Crippen LogP contribution in [-0.4, -0.2) is 26.4 Å². The van der Waals surface area contributed by atoms with Crippen molar-refractivity contribution in [3.63, 3.8) is 0 Å². The molecule has 0 bridgehead atoms. The first-order valence-electron chi connectivity index (χ1n) is 7.09. The number of hydrogen-bond acceptors (Lipinski definition) is 2. The summed E-state index contributed by atoms with van der Waals surface area (Å²) < 4.78 is 11.0. The fraction of sp³-hybridized carbons (Fsp3) is 1.00. The lowest BCUT2D eigenvalue weighted by atomic mass is 9.75. The molecule has 0 amide bonds. The molecule has 0 aliphatic carbocycles. The molecule has 0 aliphatic heterocycles. The van der Waals surface area contributed by atoms with Crippen LogP contribution < -0.4 is 0 Å². The largest absolute Gasteiger partial charge is 0.381 e. The van der Waals surface area contributed by atoms with Gasteiger partial charge < -0.3 is 9.47 Å². The summed E-state index contributed by atoms with van der Waals surface area (Å²) >= 11 is 0. The van der Waals surface area contributed by atoms with E-state index in [1.165, 1.54) is 25.7 Å². The van der Waals surface area contributed by atoms with Crippen molar-refractivity contribution in [3.8, 4) is 0 Å². The highest BCUT2D eigenvalue weighted by Gasteiger charge is 2.31. The van der Waals surface area contributed by atoms with E-state index in [0.29, 0.717) is 12.2 Å². The highest BCUT2D eigenvalue weighted by atomic mass is 16.5. The topological polar surface area (TPSA) is 18.5 Å². The summed E-state index contributed by atoms with van der Waals surface area (Å²) in [6, 6.07) is 0. The fourth-order valence-electron chi connectivity index (χ4n) is 2.38. The average Bonchev–Trinajstić information content (AvgIpc) is 2.36. The molecule has 3 atom stereocenters. The molecule has 0 spiro atoms. The molecule has 0 rings (SSSR count). The number of ether oxygens (including phenoxy) is 2. The molecule has 0 aromatic heterocycles. The predicted octanol–water partition coefficient (Wildman–Crippen LogP) is 4.42. The van der Waals surface area contributed by atoms with Crippen molar-refractivity contribution >= 4 is 0 Å². The van der Waals surface area contributed by atoms with Crippen LogP contribution in [-0.2, 0) is 9.47 Å². The average molecular weight is 244 g/mol. The lowest BCUT2D eigenvalue weighted by molar-refractivity contribution is -0.0133. The molecule has 2 nitrogen and oxygen atoms in total. The van der Waals surface area contributed by atoms with Gasteiger partial charge in [-0.05, 0) is 38.0 Å². The highest BCUT2D eigenvalue weighted by molar-refractivity contribution is 4.81. The molecule has 0 aromatic carbocycles. The summed E-state index contributed by atoms with van der Waals surface area (Å²) in [5.74, 6) is 0. The van der Waals surface area contributed by atoms with Crippen LogP contribution in [0, 0.1) is 5.41 Å². The van der Waals surface area contributed by atoms with Gasteiger partial charge in [0.05, 0.1) is 12.2 Å². The minimum atomic E-state index is 0.288. The number of rotatable bonds is 10. The minimum Gasteiger partial charge on any atom is -0.381 e. The maximum Gasteiger partial charge on any atom is 0.0596 e. The molecule has 17 heavy (non-hydrogen) atoms. The second-order valence-corrected chi connectivity index (χ2v) is 5.44. The molecular weight excluding hydrogens is 212 g/mol. The quantitative estimate of drug-likeness (QED) is 0.566. The van der Waals surface area contributed by atoms with Crippen molar-refractivity contribution in [1.82, 2.24) is 0 Å². The molecule has 104 valence electrons. The normalized spacial score (nSPS) is 18.7. The van der Waals surface area contributed by atoms with E-state index in [4.69, 9.17) is 9.47 Å². The number of unbranched alkanes of at least 4 members (excludes halogenated alkanes) is 1. The summed E-state index contributed by atoms with van der Waals surface area (Å²) in [4.78, 5) is 0. The first kappa shape index (κ1) is 16.9. The molecule has 0 saturated carbocycles. The van der Waals surface area contributed by atoms with Crippen molar-refractivity contribution in [2.24, 2.45) is 5.41 Å². The van der Waals surface area contributed by atoms with Gasteiger partial charge in [0.25, 0.3) is 0 Å². The van der Waals surface area contributed by atoms with Crippen molar-refractivity contribution < 1.29 is 9.47 Å². The third kappa shape index (κ3) is 5.87. The molecule has 0 radical (unpaired) electrons. The zero-order chi connectivity index (χ0) is 13.3. The van der Waals surface area contributed by atoms with Gasteiger partial charge in [0, 0.05) is 14.2 Å². The molecule has 3 unspecified atom stereocenters. The van der Waals surface area contributed by atoms with Crippen LogP contribution in [0.4, 0.5) is 0 Å². The van der Waals surface area contributed by atoms with Crippen LogP contribution in [0.5, 0.6) is 0 Å². The lowest BCUT2D eigenvalue weighted by Gasteiger charge is -2.36. The molecular formula is C15H32O2. The van der Waals surface area contributed by atoms with Gasteiger partial charge in [-0.2, -0.15) is 0 Å². The highest BCUT2D eigenvalue weighted by Crippen LogP contribution is 2.36. The van der Waals surface area contributed by atoms with E-state index in [1.807, 2.05) is 14.2 Å². The Labute approximate surface area is 108 Å². The SMILES string of the molecule is CCCCC(C)(CCC(CC)OC)C(C)OC. The Balaban J connectivity index is 4.36. The molecule has 0 saturated heterocycles. The number of methoxy groups -OCH3 is 2. The monoisotopic (exact) mass is 244 g/mol. The van der Waals surface area contributed by atoms with Gasteiger partial charge in [-0.3, -0.25) is 0 Å². The van der Waals surface area contributed by atoms with E-state index < -0.39 is 0 Å². The van der Waals surface area contributed by atoms with Gasteiger partial charge in [-0.1, -0.05) is 33.6 Å². The molecule has 2 heteroatoms. The summed E-state index contributed by atoms with van der Waals surface area (Å²) in [5, 5.41) is 0. The first-order valence-corrected chi connectivity index (χ1v) is 7.09. The van der Waals surface area contributed by atoms with Crippen molar-refractivity contribution in [1.29, 1.82) is 0 Å². The van der Waals surface area contributed by atoms with E-state index >= 15 is 0 Å². The van der Waals surface area contributed by atoms with Gasteiger partial charge in [-0.25, -0.2) is 0 Å². The summed E-state index contributed by atoms with van der Waals surface area (Å²) in [6.07, 6.45) is 7.94. The minimum absolute atomic E-state index is 0.288. The Kier molecular flexibility index (Phi) is 8.89. The lowest BCUT2D eigenvalue weighted by Crippen LogP contribution is -2.33. The van der Waals surface area contributed by atoms with Gasteiger partial charge in [0.15, 0.2) is 0 Å². The van der Waals surface area contributed by atoms with E-state index in [1.54, 1.807) is 0 Å². The van der Waals surface area contributed by atoms with Crippen LogP contribution in [0.1, 0.15) is 66.2 Å². The molecule has 0 heterocycles. The van der Waals surface area contributed by atoms with Crippen LogP contribution in [0.25, 0.3) is 0 Å². The third-order valence-electron chi connectivity index (χ3n) is 4.26. The number of hydrogen-bond donors (Lipinski definition) is 0. The maximum atomic E-state index is 5.57. The summed E-state index contributed by atoms with van der Waals surface area (Å²) in [6.45, 7) is 9.00. The Hall–Kier alpha value is -0.0800. The Morgan fingerprint density at radius 1 is 1.06 bits per heavy atom. The van der Waals surface area contributed by atoms with Crippen molar-refractivity contribution in [3.05, 3.63) is 0 Å². The zero-order valence-corrected chi connectivity index (χ0v) is 12.7. The molecule has 0 N–H and O–H groups in total. The van der Waals surface area contributed by atoms with Gasteiger partial charge in [-0.15, -0.1) is 0 Å². The first-order chi connectivity index (χ1) is 8.03. The Bertz CT molecular complexity index is 178. The van der Waals surface area contributed by atoms with Crippen LogP contribution >= 0.6 is 0 Å². The summed E-state index contributed by atoms with van der Waals surface area (Å²) in [7, 11) is 3.64. The van der Waals surface area contributed by atoms with Crippen molar-refractivity contribution in [2.45, 2.75) is 78.4 Å². The Morgan fingerprint density at radius 2 is 1.71 bits per heavy atom. The van der Waals surface area contributed by atoms with E-state index in [-0.39, 0.29) is 5.41 Å². The van der Waals surface area contributed by atoms with Crippen LogP contribution in [0.2, 0.25) is 0 Å². The molecule has 0 aromatic rings. The molecule has 0 aliphatic rings. The zero-order valence-electron chi connectivity index (χ0n) is 12.7. The van der Waals surface area contributed by atoms with Gasteiger partial charge in [0.1, 0.15) is 0 Å². The molecule has 0 fully saturated rings. The standard InChI is InChI=1S/C15H32O2/c1-7-9-11-15(4,13(3)16-5)12-10-14(8-2)17-6/h13-14H,7-12H2,1-6H3. The van der Waals surface area contributed by atoms with Gasteiger partial charge >= 0.3 is 0 Å². The Morgan fingerprint density at radius 3 is 2.12 bits per heavy atom. The van der Waals surface area contributed by atoms with Gasteiger partial charge in [0.2, 0.25) is 0 Å². The predicted molar refractivity (Wildman–Crippen MR) is 74.4 cm³/mol. The third-order valence-corrected chi connectivity index (χ3v) is 4.26. The fourth-order valence-corrected chi connectivity index (χ4v) is 2.38. The van der Waals surface area contributed by atoms with Crippen LogP contribution in [0.15, 0.2) is 0 Å². The smallest absolute Gasteiger partial charge is 0.0596 e. The maximum absolute atomic E-state index is 5.57. The van der Waals surface area contributed by atoms with E-state index in [0.717, 1.165) is 12.8 Å². The van der Waals surface area contributed by atoms with E-state index in [2.05, 4.69) is 27.7 Å². The van der Waals surface area contributed by atoms with E-state index in [9.17, 15) is 0 Å². The van der Waals surface area contributed by atoms with Crippen molar-refractivity contribution in [2.75, 3.05) is 14.2 Å².